The highest BCUT2D eigenvalue weighted by molar-refractivity contribution is 5.71. The second-order valence-corrected chi connectivity index (χ2v) is 6.64. The Morgan fingerprint density at radius 3 is 2.65 bits per heavy atom. The molecule has 0 unspecified atom stereocenters. The Hall–Kier alpha value is -2.41. The molecule has 1 aliphatic rings. The van der Waals surface area contributed by atoms with Crippen molar-refractivity contribution in [3.63, 3.8) is 0 Å². The summed E-state index contributed by atoms with van der Waals surface area (Å²) in [4.78, 5) is 10.2. The summed E-state index contributed by atoms with van der Waals surface area (Å²) < 4.78 is 41.7. The Morgan fingerprint density at radius 2 is 1.88 bits per heavy atom. The molecule has 0 spiro atoms. The summed E-state index contributed by atoms with van der Waals surface area (Å²) in [6, 6.07) is 13.2. The van der Waals surface area contributed by atoms with E-state index >= 15 is 0 Å². The van der Waals surface area contributed by atoms with Crippen molar-refractivity contribution >= 4 is 11.2 Å². The molecule has 0 N–H and O–H groups in total. The highest BCUT2D eigenvalue weighted by Crippen LogP contribution is 2.32. The van der Waals surface area contributed by atoms with Crippen LogP contribution in [0.2, 0.25) is 0 Å². The smallest absolute Gasteiger partial charge is 0.303 e. The fourth-order valence-electron chi connectivity index (χ4n) is 3.69. The second kappa shape index (κ2) is 6.72. The molecular formula is C19H19F3N4. The second-order valence-electron chi connectivity index (χ2n) is 6.64. The summed E-state index contributed by atoms with van der Waals surface area (Å²) in [5, 5.41) is 0. The van der Waals surface area contributed by atoms with Crippen molar-refractivity contribution in [1.29, 1.82) is 0 Å². The van der Waals surface area contributed by atoms with Crippen LogP contribution in [0.5, 0.6) is 0 Å². The van der Waals surface area contributed by atoms with Crippen LogP contribution < -0.4 is 0 Å². The number of hydrogen-bond acceptors (Lipinski definition) is 3. The SMILES string of the molecule is FC(F)(F)c1nc2cccnc2n1C[C@@H]1CCCN1Cc1ccccc1. The minimum atomic E-state index is -4.50. The van der Waals surface area contributed by atoms with Crippen LogP contribution >= 0.6 is 0 Å². The lowest BCUT2D eigenvalue weighted by Gasteiger charge is -2.26. The third-order valence-electron chi connectivity index (χ3n) is 4.88. The lowest BCUT2D eigenvalue weighted by molar-refractivity contribution is -0.147. The number of aromatic nitrogens is 3. The molecule has 0 saturated carbocycles. The number of alkyl halides is 3. The molecular weight excluding hydrogens is 341 g/mol. The lowest BCUT2D eigenvalue weighted by atomic mass is 10.2. The van der Waals surface area contributed by atoms with Crippen molar-refractivity contribution in [3.8, 4) is 0 Å². The topological polar surface area (TPSA) is 34.0 Å². The molecule has 3 aromatic rings. The molecule has 1 saturated heterocycles. The molecule has 1 aliphatic heterocycles. The van der Waals surface area contributed by atoms with Gasteiger partial charge in [-0.25, -0.2) is 9.97 Å². The molecule has 2 aromatic heterocycles. The number of benzene rings is 1. The highest BCUT2D eigenvalue weighted by atomic mass is 19.4. The zero-order chi connectivity index (χ0) is 18.1. The van der Waals surface area contributed by atoms with Gasteiger partial charge in [-0.1, -0.05) is 30.3 Å². The first-order chi connectivity index (χ1) is 12.5. The Kier molecular flexibility index (Phi) is 4.40. The van der Waals surface area contributed by atoms with Crippen molar-refractivity contribution in [2.45, 2.75) is 38.1 Å². The van der Waals surface area contributed by atoms with Crippen molar-refractivity contribution in [1.82, 2.24) is 19.4 Å². The van der Waals surface area contributed by atoms with Crippen molar-refractivity contribution in [3.05, 3.63) is 60.0 Å². The minimum Gasteiger partial charge on any atom is -0.303 e. The molecule has 4 nitrogen and oxygen atoms in total. The molecule has 0 radical (unpaired) electrons. The maximum atomic E-state index is 13.5. The number of nitrogens with zero attached hydrogens (tertiary/aromatic N) is 4. The summed E-state index contributed by atoms with van der Waals surface area (Å²) >= 11 is 0. The predicted molar refractivity (Wildman–Crippen MR) is 92.4 cm³/mol. The van der Waals surface area contributed by atoms with Crippen LogP contribution in [0.1, 0.15) is 24.2 Å². The summed E-state index contributed by atoms with van der Waals surface area (Å²) in [7, 11) is 0. The zero-order valence-electron chi connectivity index (χ0n) is 14.2. The Morgan fingerprint density at radius 1 is 1.08 bits per heavy atom. The fraction of sp³-hybridized carbons (Fsp3) is 0.368. The summed E-state index contributed by atoms with van der Waals surface area (Å²) in [5.74, 6) is -0.863. The van der Waals surface area contributed by atoms with Gasteiger partial charge >= 0.3 is 6.18 Å². The lowest BCUT2D eigenvalue weighted by Crippen LogP contribution is -2.33. The number of likely N-dealkylation sites (tertiary alicyclic amines) is 1. The van der Waals surface area contributed by atoms with Crippen LogP contribution in [0.3, 0.4) is 0 Å². The van der Waals surface area contributed by atoms with Crippen LogP contribution in [0.4, 0.5) is 13.2 Å². The van der Waals surface area contributed by atoms with Crippen LogP contribution in [0.15, 0.2) is 48.7 Å². The maximum Gasteiger partial charge on any atom is 0.449 e. The minimum absolute atomic E-state index is 0.0377. The van der Waals surface area contributed by atoms with E-state index in [9.17, 15) is 13.2 Å². The van der Waals surface area contributed by atoms with E-state index < -0.39 is 12.0 Å². The molecule has 1 fully saturated rings. The predicted octanol–water partition coefficient (Wildman–Crippen LogP) is 4.11. The van der Waals surface area contributed by atoms with E-state index in [1.165, 1.54) is 16.3 Å². The maximum absolute atomic E-state index is 13.5. The summed E-state index contributed by atoms with van der Waals surface area (Å²) in [6.07, 6.45) is -1.13. The van der Waals surface area contributed by atoms with E-state index in [1.54, 1.807) is 12.1 Å². The first-order valence-electron chi connectivity index (χ1n) is 8.69. The first kappa shape index (κ1) is 17.0. The molecule has 0 bridgehead atoms. The van der Waals surface area contributed by atoms with E-state index in [0.717, 1.165) is 25.9 Å². The Labute approximate surface area is 149 Å². The normalized spacial score (nSPS) is 18.7. The van der Waals surface area contributed by atoms with Crippen LogP contribution in [-0.2, 0) is 19.3 Å². The first-order valence-corrected chi connectivity index (χ1v) is 8.69. The van der Waals surface area contributed by atoms with Gasteiger partial charge in [0.2, 0.25) is 5.82 Å². The molecule has 3 heterocycles. The van der Waals surface area contributed by atoms with Gasteiger partial charge in [0, 0.05) is 25.3 Å². The van der Waals surface area contributed by atoms with Crippen LogP contribution in [0.25, 0.3) is 11.2 Å². The molecule has 26 heavy (non-hydrogen) atoms. The van der Waals surface area contributed by atoms with E-state index in [-0.39, 0.29) is 18.1 Å². The van der Waals surface area contributed by atoms with Crippen molar-refractivity contribution in [2.24, 2.45) is 0 Å². The molecule has 136 valence electrons. The fourth-order valence-corrected chi connectivity index (χ4v) is 3.69. The molecule has 1 aromatic carbocycles. The average Bonchev–Trinajstić information content (AvgIpc) is 3.21. The number of rotatable bonds is 4. The van der Waals surface area contributed by atoms with Crippen molar-refractivity contribution in [2.75, 3.05) is 6.54 Å². The van der Waals surface area contributed by atoms with Crippen molar-refractivity contribution < 1.29 is 13.2 Å². The third kappa shape index (κ3) is 3.31. The van der Waals surface area contributed by atoms with Gasteiger partial charge in [0.25, 0.3) is 0 Å². The monoisotopic (exact) mass is 360 g/mol. The van der Waals surface area contributed by atoms with Gasteiger partial charge in [-0.05, 0) is 37.1 Å². The molecule has 4 rings (SSSR count). The zero-order valence-corrected chi connectivity index (χ0v) is 14.2. The summed E-state index contributed by atoms with van der Waals surface area (Å²) in [5.41, 5.74) is 1.75. The van der Waals surface area contributed by atoms with Gasteiger partial charge < -0.3 is 4.57 Å². The quantitative estimate of drug-likeness (QED) is 0.702. The molecule has 0 aliphatic carbocycles. The van der Waals surface area contributed by atoms with E-state index in [0.29, 0.717) is 5.65 Å². The van der Waals surface area contributed by atoms with Gasteiger partial charge in [0.1, 0.15) is 5.52 Å². The standard InChI is InChI=1S/C19H19F3N4/c20-19(21,22)18-24-16-9-4-10-23-17(16)26(18)13-15-8-5-11-25(15)12-14-6-2-1-3-7-14/h1-4,6-7,9-10,15H,5,8,11-13H2/t15-/m0/s1. The van der Waals surface area contributed by atoms with E-state index in [4.69, 9.17) is 0 Å². The number of fused-ring (bicyclic) bond motifs is 1. The van der Waals surface area contributed by atoms with Gasteiger partial charge in [-0.2, -0.15) is 13.2 Å². The largest absolute Gasteiger partial charge is 0.449 e. The molecule has 0 amide bonds. The Balaban J connectivity index is 1.64. The van der Waals surface area contributed by atoms with Gasteiger partial charge in [0.05, 0.1) is 0 Å². The average molecular weight is 360 g/mol. The van der Waals surface area contributed by atoms with Gasteiger partial charge in [-0.3, -0.25) is 4.90 Å². The number of halogens is 3. The van der Waals surface area contributed by atoms with Gasteiger partial charge in [-0.15, -0.1) is 0 Å². The van der Waals surface area contributed by atoms with Crippen LogP contribution in [0, 0.1) is 0 Å². The summed E-state index contributed by atoms with van der Waals surface area (Å²) in [6.45, 7) is 1.88. The van der Waals surface area contributed by atoms with Crippen LogP contribution in [-0.4, -0.2) is 32.0 Å². The Bertz CT molecular complexity index is 889. The number of pyridine rings is 1. The highest BCUT2D eigenvalue weighted by Gasteiger charge is 2.39. The van der Waals surface area contributed by atoms with Gasteiger partial charge in [0.15, 0.2) is 5.65 Å². The van der Waals surface area contributed by atoms with E-state index in [2.05, 4.69) is 14.9 Å². The number of hydrogen-bond donors (Lipinski definition) is 0. The van der Waals surface area contributed by atoms with E-state index in [1.807, 2.05) is 30.3 Å². The third-order valence-corrected chi connectivity index (χ3v) is 4.88. The molecule has 7 heteroatoms. The molecule has 1 atom stereocenters. The number of imidazole rings is 1.